The molecule has 1 atom stereocenters. The number of rotatable bonds is 4. The number of halogens is 1. The standard InChI is InChI=1S/C18H17ClN2O3S/c1-9-11(3)25-18-15(9)17(23)20-16(21-18)10(2)24-14(22)8-12-6-4-5-7-13(12)19/h4-7,10H,8H2,1-3H3,(H,20,21,23)/t10-/m1/s1. The molecule has 3 rings (SSSR count). The third kappa shape index (κ3) is 3.60. The van der Waals surface area contributed by atoms with Crippen LogP contribution in [0.1, 0.15) is 34.9 Å². The normalized spacial score (nSPS) is 12.3. The highest BCUT2D eigenvalue weighted by Crippen LogP contribution is 2.27. The lowest BCUT2D eigenvalue weighted by Crippen LogP contribution is -2.18. The second-order valence-electron chi connectivity index (χ2n) is 5.81. The van der Waals surface area contributed by atoms with Crippen molar-refractivity contribution in [3.63, 3.8) is 0 Å². The Balaban J connectivity index is 1.80. The fraction of sp³-hybridized carbons (Fsp3) is 0.278. The number of nitrogens with one attached hydrogen (secondary N) is 1. The number of H-pyrrole nitrogens is 1. The average molecular weight is 377 g/mol. The fourth-order valence-corrected chi connectivity index (χ4v) is 3.80. The number of carbonyl (C=O) groups excluding carboxylic acids is 1. The molecule has 5 nitrogen and oxygen atoms in total. The molecule has 0 aliphatic heterocycles. The predicted molar refractivity (Wildman–Crippen MR) is 99.4 cm³/mol. The summed E-state index contributed by atoms with van der Waals surface area (Å²) < 4.78 is 5.41. The van der Waals surface area contributed by atoms with E-state index in [9.17, 15) is 9.59 Å². The molecule has 0 saturated carbocycles. The number of nitrogens with zero attached hydrogens (tertiary/aromatic N) is 1. The van der Waals surface area contributed by atoms with E-state index >= 15 is 0 Å². The van der Waals surface area contributed by atoms with Gasteiger partial charge in [-0.2, -0.15) is 0 Å². The zero-order valence-electron chi connectivity index (χ0n) is 14.1. The highest BCUT2D eigenvalue weighted by Gasteiger charge is 2.18. The van der Waals surface area contributed by atoms with Gasteiger partial charge in [0.05, 0.1) is 11.8 Å². The summed E-state index contributed by atoms with van der Waals surface area (Å²) >= 11 is 7.52. The zero-order valence-corrected chi connectivity index (χ0v) is 15.6. The van der Waals surface area contributed by atoms with Crippen LogP contribution in [0.4, 0.5) is 0 Å². The van der Waals surface area contributed by atoms with Gasteiger partial charge in [0.15, 0.2) is 11.9 Å². The van der Waals surface area contributed by atoms with Crippen LogP contribution in [0.15, 0.2) is 29.1 Å². The van der Waals surface area contributed by atoms with Crippen LogP contribution in [0.3, 0.4) is 0 Å². The molecule has 0 radical (unpaired) electrons. The maximum absolute atomic E-state index is 12.3. The Bertz CT molecular complexity index is 1010. The summed E-state index contributed by atoms with van der Waals surface area (Å²) in [5, 5.41) is 1.12. The van der Waals surface area contributed by atoms with Crippen LogP contribution in [-0.4, -0.2) is 15.9 Å². The van der Waals surface area contributed by atoms with Crippen LogP contribution in [-0.2, 0) is 16.0 Å². The van der Waals surface area contributed by atoms with E-state index in [-0.39, 0.29) is 12.0 Å². The van der Waals surface area contributed by atoms with Crippen molar-refractivity contribution in [1.82, 2.24) is 9.97 Å². The van der Waals surface area contributed by atoms with Gasteiger partial charge in [-0.25, -0.2) is 4.98 Å². The highest BCUT2D eigenvalue weighted by molar-refractivity contribution is 7.18. The number of carbonyl (C=O) groups is 1. The first kappa shape index (κ1) is 17.6. The van der Waals surface area contributed by atoms with Crippen LogP contribution >= 0.6 is 22.9 Å². The van der Waals surface area contributed by atoms with E-state index in [0.717, 1.165) is 10.4 Å². The van der Waals surface area contributed by atoms with Crippen molar-refractivity contribution in [2.24, 2.45) is 0 Å². The molecular weight excluding hydrogens is 360 g/mol. The molecule has 0 aliphatic rings. The summed E-state index contributed by atoms with van der Waals surface area (Å²) in [6, 6.07) is 7.11. The van der Waals surface area contributed by atoms with Gasteiger partial charge >= 0.3 is 5.97 Å². The summed E-state index contributed by atoms with van der Waals surface area (Å²) in [5.74, 6) is -0.0897. The van der Waals surface area contributed by atoms with Crippen molar-refractivity contribution in [2.75, 3.05) is 0 Å². The van der Waals surface area contributed by atoms with E-state index in [1.807, 2.05) is 19.9 Å². The second-order valence-corrected chi connectivity index (χ2v) is 7.43. The van der Waals surface area contributed by atoms with Gasteiger partial charge in [0.1, 0.15) is 4.83 Å². The second kappa shape index (κ2) is 6.98. The lowest BCUT2D eigenvalue weighted by atomic mass is 10.1. The number of fused-ring (bicyclic) bond motifs is 1. The summed E-state index contributed by atoms with van der Waals surface area (Å²) in [4.78, 5) is 33.4. The largest absolute Gasteiger partial charge is 0.454 e. The number of hydrogen-bond acceptors (Lipinski definition) is 5. The summed E-state index contributed by atoms with van der Waals surface area (Å²) in [7, 11) is 0. The van der Waals surface area contributed by atoms with Crippen LogP contribution in [0.25, 0.3) is 10.2 Å². The van der Waals surface area contributed by atoms with Crippen molar-refractivity contribution in [1.29, 1.82) is 0 Å². The smallest absolute Gasteiger partial charge is 0.311 e. The van der Waals surface area contributed by atoms with E-state index in [2.05, 4.69) is 9.97 Å². The lowest BCUT2D eigenvalue weighted by molar-refractivity contribution is -0.148. The van der Waals surface area contributed by atoms with Gasteiger partial charge in [0, 0.05) is 9.90 Å². The van der Waals surface area contributed by atoms with E-state index in [1.54, 1.807) is 25.1 Å². The number of esters is 1. The van der Waals surface area contributed by atoms with Crippen LogP contribution < -0.4 is 5.56 Å². The van der Waals surface area contributed by atoms with Gasteiger partial charge in [0.2, 0.25) is 0 Å². The van der Waals surface area contributed by atoms with Gasteiger partial charge in [-0.1, -0.05) is 29.8 Å². The van der Waals surface area contributed by atoms with Crippen molar-refractivity contribution >= 4 is 39.1 Å². The molecular formula is C18H17ClN2O3S. The quantitative estimate of drug-likeness (QED) is 0.696. The maximum Gasteiger partial charge on any atom is 0.311 e. The van der Waals surface area contributed by atoms with Crippen molar-refractivity contribution in [2.45, 2.75) is 33.3 Å². The molecule has 3 aromatic rings. The number of aromatic amines is 1. The zero-order chi connectivity index (χ0) is 18.1. The molecule has 0 saturated heterocycles. The van der Waals surface area contributed by atoms with Crippen LogP contribution in [0.2, 0.25) is 5.02 Å². The molecule has 25 heavy (non-hydrogen) atoms. The molecule has 2 aromatic heterocycles. The van der Waals surface area contributed by atoms with Gasteiger partial charge in [-0.3, -0.25) is 9.59 Å². The fourth-order valence-electron chi connectivity index (χ4n) is 2.56. The molecule has 0 bridgehead atoms. The minimum absolute atomic E-state index is 0.0632. The van der Waals surface area contributed by atoms with Gasteiger partial charge in [-0.15, -0.1) is 11.3 Å². The Hall–Kier alpha value is -2.18. The topological polar surface area (TPSA) is 72.0 Å². The summed E-state index contributed by atoms with van der Waals surface area (Å²) in [6.45, 7) is 5.54. The minimum Gasteiger partial charge on any atom is -0.454 e. The van der Waals surface area contributed by atoms with Crippen LogP contribution in [0, 0.1) is 13.8 Å². The number of thiophene rings is 1. The number of hydrogen-bond donors (Lipinski definition) is 1. The Morgan fingerprint density at radius 3 is 2.80 bits per heavy atom. The summed E-state index contributed by atoms with van der Waals surface area (Å²) in [6.07, 6.45) is -0.594. The molecule has 7 heteroatoms. The molecule has 1 aromatic carbocycles. The third-order valence-corrected chi connectivity index (χ3v) is 5.51. The molecule has 0 fully saturated rings. The number of ether oxygens (including phenoxy) is 1. The Labute approximate surface area is 153 Å². The highest BCUT2D eigenvalue weighted by atomic mass is 35.5. The first-order valence-electron chi connectivity index (χ1n) is 7.79. The number of aryl methyl sites for hydroxylation is 2. The van der Waals surface area contributed by atoms with Gasteiger partial charge in [0.25, 0.3) is 5.56 Å². The first-order valence-corrected chi connectivity index (χ1v) is 8.99. The molecule has 2 heterocycles. The van der Waals surface area contributed by atoms with Gasteiger partial charge < -0.3 is 9.72 Å². The maximum atomic E-state index is 12.3. The average Bonchev–Trinajstić information content (AvgIpc) is 2.84. The van der Waals surface area contributed by atoms with Crippen molar-refractivity contribution in [3.8, 4) is 0 Å². The van der Waals surface area contributed by atoms with Crippen molar-refractivity contribution in [3.05, 3.63) is 61.5 Å². The predicted octanol–water partition coefficient (Wildman–Crippen LogP) is 4.10. The molecule has 130 valence electrons. The molecule has 0 unspecified atom stereocenters. The monoisotopic (exact) mass is 376 g/mol. The van der Waals surface area contributed by atoms with Gasteiger partial charge in [-0.05, 0) is 38.0 Å². The summed E-state index contributed by atoms with van der Waals surface area (Å²) in [5.41, 5.74) is 1.42. The Morgan fingerprint density at radius 1 is 1.36 bits per heavy atom. The third-order valence-electron chi connectivity index (χ3n) is 4.04. The molecule has 0 aliphatic carbocycles. The Kier molecular flexibility index (Phi) is 4.92. The lowest BCUT2D eigenvalue weighted by Gasteiger charge is -2.13. The molecule has 1 N–H and O–H groups in total. The SMILES string of the molecule is Cc1sc2nc([C@@H](C)OC(=O)Cc3ccccc3Cl)[nH]c(=O)c2c1C. The minimum atomic E-state index is -0.658. The van der Waals surface area contributed by atoms with E-state index < -0.39 is 12.1 Å². The van der Waals surface area contributed by atoms with Crippen LogP contribution in [0.5, 0.6) is 0 Å². The number of benzene rings is 1. The van der Waals surface area contributed by atoms with E-state index in [4.69, 9.17) is 16.3 Å². The Morgan fingerprint density at radius 2 is 2.08 bits per heavy atom. The molecule has 0 amide bonds. The van der Waals surface area contributed by atoms with E-state index in [1.165, 1.54) is 11.3 Å². The number of aromatic nitrogens is 2. The van der Waals surface area contributed by atoms with Crippen molar-refractivity contribution < 1.29 is 9.53 Å². The first-order chi connectivity index (χ1) is 11.9. The molecule has 0 spiro atoms. The van der Waals surface area contributed by atoms with E-state index in [0.29, 0.717) is 26.6 Å².